The molecule has 2 rings (SSSR count). The summed E-state index contributed by atoms with van der Waals surface area (Å²) in [6.07, 6.45) is 0.821. The van der Waals surface area contributed by atoms with Crippen LogP contribution in [0.3, 0.4) is 0 Å². The van der Waals surface area contributed by atoms with Crippen LogP contribution >= 0.6 is 11.6 Å². The molecule has 0 saturated carbocycles. The maximum absolute atomic E-state index is 6.24. The molecule has 1 aliphatic rings. The van der Waals surface area contributed by atoms with E-state index < -0.39 is 0 Å². The van der Waals surface area contributed by atoms with Crippen LogP contribution in [0.25, 0.3) is 0 Å². The molecule has 0 aromatic heterocycles. The molecule has 0 radical (unpaired) electrons. The SMILES string of the molecule is CN=C(NCCc1cc(Cl)c2c(c1)OCCO2)NC(C)(C)C. The number of halogens is 1. The highest BCUT2D eigenvalue weighted by molar-refractivity contribution is 6.32. The number of rotatable bonds is 3. The van der Waals surface area contributed by atoms with E-state index in [1.165, 1.54) is 0 Å². The fraction of sp³-hybridized carbons (Fsp3) is 0.562. The van der Waals surface area contributed by atoms with Gasteiger partial charge in [0.05, 0.1) is 5.02 Å². The molecule has 1 aromatic carbocycles. The van der Waals surface area contributed by atoms with Gasteiger partial charge in [-0.25, -0.2) is 0 Å². The van der Waals surface area contributed by atoms with Crippen LogP contribution in [0, 0.1) is 0 Å². The van der Waals surface area contributed by atoms with Crippen LogP contribution in [0.1, 0.15) is 26.3 Å². The van der Waals surface area contributed by atoms with Gasteiger partial charge in [0.15, 0.2) is 17.5 Å². The number of nitrogens with one attached hydrogen (secondary N) is 2. The predicted molar refractivity (Wildman–Crippen MR) is 90.4 cm³/mol. The minimum absolute atomic E-state index is 0.0256. The minimum atomic E-state index is -0.0256. The Labute approximate surface area is 137 Å². The fourth-order valence-electron chi connectivity index (χ4n) is 2.17. The Morgan fingerprint density at radius 2 is 2.00 bits per heavy atom. The Hall–Kier alpha value is -1.62. The van der Waals surface area contributed by atoms with Crippen LogP contribution in [-0.2, 0) is 6.42 Å². The first-order valence-electron chi connectivity index (χ1n) is 7.46. The molecule has 0 saturated heterocycles. The molecule has 0 fully saturated rings. The molecule has 2 N–H and O–H groups in total. The number of guanidine groups is 1. The van der Waals surface area contributed by atoms with E-state index in [4.69, 9.17) is 21.1 Å². The number of hydrogen-bond acceptors (Lipinski definition) is 3. The van der Waals surface area contributed by atoms with E-state index in [1.54, 1.807) is 7.05 Å². The molecule has 5 nitrogen and oxygen atoms in total. The van der Waals surface area contributed by atoms with Crippen molar-refractivity contribution in [3.63, 3.8) is 0 Å². The van der Waals surface area contributed by atoms with Gasteiger partial charge in [-0.2, -0.15) is 0 Å². The summed E-state index contributed by atoms with van der Waals surface area (Å²) in [7, 11) is 1.77. The summed E-state index contributed by atoms with van der Waals surface area (Å²) in [5, 5.41) is 7.22. The second-order valence-electron chi connectivity index (χ2n) is 6.23. The van der Waals surface area contributed by atoms with Crippen molar-refractivity contribution in [2.45, 2.75) is 32.7 Å². The van der Waals surface area contributed by atoms with Crippen LogP contribution in [0.2, 0.25) is 5.02 Å². The lowest BCUT2D eigenvalue weighted by molar-refractivity contribution is 0.171. The Bertz CT molecular complexity index is 553. The molecular weight excluding hydrogens is 302 g/mol. The Balaban J connectivity index is 1.93. The second-order valence-corrected chi connectivity index (χ2v) is 6.63. The minimum Gasteiger partial charge on any atom is -0.486 e. The van der Waals surface area contributed by atoms with Crippen molar-refractivity contribution in [2.24, 2.45) is 4.99 Å². The number of nitrogens with zero attached hydrogens (tertiary/aromatic N) is 1. The number of ether oxygens (including phenoxy) is 2. The lowest BCUT2D eigenvalue weighted by atomic mass is 10.1. The predicted octanol–water partition coefficient (Wildman–Crippen LogP) is 2.62. The molecule has 0 spiro atoms. The molecule has 1 heterocycles. The zero-order valence-corrected chi connectivity index (χ0v) is 14.4. The molecule has 0 aliphatic carbocycles. The van der Waals surface area contributed by atoms with Crippen molar-refractivity contribution in [1.82, 2.24) is 10.6 Å². The van der Waals surface area contributed by atoms with Gasteiger partial charge in [0.2, 0.25) is 0 Å². The van der Waals surface area contributed by atoms with Gasteiger partial charge < -0.3 is 20.1 Å². The van der Waals surface area contributed by atoms with E-state index >= 15 is 0 Å². The van der Waals surface area contributed by atoms with Crippen molar-refractivity contribution < 1.29 is 9.47 Å². The zero-order valence-electron chi connectivity index (χ0n) is 13.6. The van der Waals surface area contributed by atoms with Gasteiger partial charge in [0, 0.05) is 19.1 Å². The molecule has 0 unspecified atom stereocenters. The van der Waals surface area contributed by atoms with Gasteiger partial charge in [0.1, 0.15) is 13.2 Å². The van der Waals surface area contributed by atoms with Gasteiger partial charge in [-0.1, -0.05) is 11.6 Å². The summed E-state index contributed by atoms with van der Waals surface area (Å²) >= 11 is 6.24. The van der Waals surface area contributed by atoms with Crippen molar-refractivity contribution in [3.8, 4) is 11.5 Å². The highest BCUT2D eigenvalue weighted by atomic mass is 35.5. The third kappa shape index (κ3) is 4.70. The summed E-state index contributed by atoms with van der Waals surface area (Å²) in [4.78, 5) is 4.22. The molecule has 122 valence electrons. The molecule has 0 atom stereocenters. The maximum atomic E-state index is 6.24. The lowest BCUT2D eigenvalue weighted by Gasteiger charge is -2.24. The number of aliphatic imine (C=N–C) groups is 1. The molecule has 6 heteroatoms. The lowest BCUT2D eigenvalue weighted by Crippen LogP contribution is -2.48. The largest absolute Gasteiger partial charge is 0.486 e. The molecule has 1 aromatic rings. The van der Waals surface area contributed by atoms with Gasteiger partial charge >= 0.3 is 0 Å². The van der Waals surface area contributed by atoms with Crippen molar-refractivity contribution >= 4 is 17.6 Å². The monoisotopic (exact) mass is 325 g/mol. The summed E-state index contributed by atoms with van der Waals surface area (Å²) < 4.78 is 11.1. The molecule has 1 aliphatic heterocycles. The maximum Gasteiger partial charge on any atom is 0.191 e. The number of hydrogen-bond donors (Lipinski definition) is 2. The van der Waals surface area contributed by atoms with E-state index in [-0.39, 0.29) is 5.54 Å². The first kappa shape index (κ1) is 16.7. The van der Waals surface area contributed by atoms with Crippen LogP contribution in [0.5, 0.6) is 11.5 Å². The van der Waals surface area contributed by atoms with E-state index in [9.17, 15) is 0 Å². The quantitative estimate of drug-likeness (QED) is 0.662. The van der Waals surface area contributed by atoms with Gasteiger partial charge in [0.25, 0.3) is 0 Å². The van der Waals surface area contributed by atoms with Crippen molar-refractivity contribution in [2.75, 3.05) is 26.8 Å². The van der Waals surface area contributed by atoms with E-state index in [1.807, 2.05) is 12.1 Å². The van der Waals surface area contributed by atoms with Gasteiger partial charge in [-0.05, 0) is 44.9 Å². The average Bonchev–Trinajstić information content (AvgIpc) is 2.45. The van der Waals surface area contributed by atoms with Gasteiger partial charge in [-0.3, -0.25) is 4.99 Å². The second kappa shape index (κ2) is 7.09. The van der Waals surface area contributed by atoms with Crippen LogP contribution < -0.4 is 20.1 Å². The summed E-state index contributed by atoms with van der Waals surface area (Å²) in [5.74, 6) is 2.16. The standard InChI is InChI=1S/C16H24ClN3O2/c1-16(2,3)20-15(18-4)19-6-5-11-9-12(17)14-13(10-11)21-7-8-22-14/h9-10H,5-8H2,1-4H3,(H2,18,19,20). The Morgan fingerprint density at radius 3 is 2.68 bits per heavy atom. The topological polar surface area (TPSA) is 54.9 Å². The third-order valence-electron chi connectivity index (χ3n) is 3.08. The Kier molecular flexibility index (Phi) is 5.40. The van der Waals surface area contributed by atoms with Gasteiger partial charge in [-0.15, -0.1) is 0 Å². The van der Waals surface area contributed by atoms with E-state index in [2.05, 4.69) is 36.4 Å². The van der Waals surface area contributed by atoms with E-state index in [0.717, 1.165) is 30.2 Å². The number of fused-ring (bicyclic) bond motifs is 1. The molecule has 0 amide bonds. The average molecular weight is 326 g/mol. The highest BCUT2D eigenvalue weighted by Gasteiger charge is 2.16. The summed E-state index contributed by atoms with van der Waals surface area (Å²) in [5.41, 5.74) is 1.08. The zero-order chi connectivity index (χ0) is 16.2. The summed E-state index contributed by atoms with van der Waals surface area (Å²) in [6.45, 7) is 8.16. The third-order valence-corrected chi connectivity index (χ3v) is 3.36. The first-order valence-corrected chi connectivity index (χ1v) is 7.84. The summed E-state index contributed by atoms with van der Waals surface area (Å²) in [6, 6.07) is 3.92. The van der Waals surface area contributed by atoms with Crippen molar-refractivity contribution in [1.29, 1.82) is 0 Å². The molecule has 22 heavy (non-hydrogen) atoms. The van der Waals surface area contributed by atoms with Crippen LogP contribution in [0.15, 0.2) is 17.1 Å². The normalized spacial score (nSPS) is 14.7. The smallest absolute Gasteiger partial charge is 0.191 e. The molecular formula is C16H24ClN3O2. The highest BCUT2D eigenvalue weighted by Crippen LogP contribution is 2.38. The first-order chi connectivity index (χ1) is 10.4. The van der Waals surface area contributed by atoms with Crippen LogP contribution in [-0.4, -0.2) is 38.3 Å². The fourth-order valence-corrected chi connectivity index (χ4v) is 2.46. The van der Waals surface area contributed by atoms with E-state index in [0.29, 0.717) is 24.0 Å². The Morgan fingerprint density at radius 1 is 1.27 bits per heavy atom. The van der Waals surface area contributed by atoms with Crippen molar-refractivity contribution in [3.05, 3.63) is 22.7 Å². The molecule has 0 bridgehead atoms. The number of benzene rings is 1. The van der Waals surface area contributed by atoms with Crippen LogP contribution in [0.4, 0.5) is 0 Å².